The lowest BCUT2D eigenvalue weighted by molar-refractivity contribution is 0.636. The SMILES string of the molecule is Cn1c(SCc2ccc(Cl)c(Cl)c2)cc(=O)n(C)c1=O. The molecule has 20 heavy (non-hydrogen) atoms. The summed E-state index contributed by atoms with van der Waals surface area (Å²) >= 11 is 13.2. The van der Waals surface area contributed by atoms with Crippen molar-refractivity contribution in [2.75, 3.05) is 0 Å². The van der Waals surface area contributed by atoms with Crippen molar-refractivity contribution in [1.82, 2.24) is 9.13 Å². The lowest BCUT2D eigenvalue weighted by Gasteiger charge is -2.09. The van der Waals surface area contributed by atoms with Gasteiger partial charge in [-0.05, 0) is 17.7 Å². The van der Waals surface area contributed by atoms with Gasteiger partial charge in [0.2, 0.25) is 0 Å². The highest BCUT2D eigenvalue weighted by Gasteiger charge is 2.07. The maximum atomic E-state index is 11.8. The van der Waals surface area contributed by atoms with Gasteiger partial charge in [-0.15, -0.1) is 11.8 Å². The van der Waals surface area contributed by atoms with Gasteiger partial charge in [-0.25, -0.2) is 4.79 Å². The summed E-state index contributed by atoms with van der Waals surface area (Å²) in [5.41, 5.74) is 0.316. The van der Waals surface area contributed by atoms with Crippen LogP contribution in [0.5, 0.6) is 0 Å². The van der Waals surface area contributed by atoms with Crippen molar-refractivity contribution in [2.45, 2.75) is 10.8 Å². The third kappa shape index (κ3) is 3.11. The van der Waals surface area contributed by atoms with E-state index in [-0.39, 0.29) is 11.2 Å². The van der Waals surface area contributed by atoms with E-state index < -0.39 is 0 Å². The summed E-state index contributed by atoms with van der Waals surface area (Å²) in [5.74, 6) is 0.595. The summed E-state index contributed by atoms with van der Waals surface area (Å²) < 4.78 is 2.52. The molecule has 7 heteroatoms. The highest BCUT2D eigenvalue weighted by molar-refractivity contribution is 7.98. The van der Waals surface area contributed by atoms with Crippen LogP contribution in [0.2, 0.25) is 10.0 Å². The lowest BCUT2D eigenvalue weighted by atomic mass is 10.2. The first-order valence-corrected chi connectivity index (χ1v) is 7.48. The summed E-state index contributed by atoms with van der Waals surface area (Å²) in [6.07, 6.45) is 0. The molecule has 0 spiro atoms. The van der Waals surface area contributed by atoms with Crippen LogP contribution in [-0.4, -0.2) is 9.13 Å². The van der Waals surface area contributed by atoms with Crippen molar-refractivity contribution < 1.29 is 0 Å². The fourth-order valence-electron chi connectivity index (χ4n) is 1.64. The van der Waals surface area contributed by atoms with Gasteiger partial charge >= 0.3 is 5.69 Å². The molecule has 2 aromatic rings. The second-order valence-electron chi connectivity index (χ2n) is 4.26. The van der Waals surface area contributed by atoms with E-state index in [0.717, 1.165) is 10.1 Å². The largest absolute Gasteiger partial charge is 0.331 e. The molecule has 0 unspecified atom stereocenters. The molecule has 0 N–H and O–H groups in total. The summed E-state index contributed by atoms with van der Waals surface area (Å²) in [5, 5.41) is 1.60. The quantitative estimate of drug-likeness (QED) is 0.642. The van der Waals surface area contributed by atoms with Crippen LogP contribution in [0.4, 0.5) is 0 Å². The van der Waals surface area contributed by atoms with Crippen LogP contribution in [0.15, 0.2) is 38.9 Å². The van der Waals surface area contributed by atoms with Gasteiger partial charge < -0.3 is 0 Å². The average molecular weight is 331 g/mol. The van der Waals surface area contributed by atoms with Crippen molar-refractivity contribution >= 4 is 35.0 Å². The van der Waals surface area contributed by atoms with Crippen LogP contribution in [-0.2, 0) is 19.8 Å². The Labute approximate surface area is 129 Å². The Kier molecular flexibility index (Phi) is 4.62. The highest BCUT2D eigenvalue weighted by atomic mass is 35.5. The second kappa shape index (κ2) is 6.08. The average Bonchev–Trinajstić information content (AvgIpc) is 2.42. The minimum atomic E-state index is -0.339. The van der Waals surface area contributed by atoms with Gasteiger partial charge in [-0.3, -0.25) is 13.9 Å². The molecule has 0 radical (unpaired) electrons. The molecule has 0 saturated heterocycles. The van der Waals surface area contributed by atoms with Crippen LogP contribution in [0.25, 0.3) is 0 Å². The van der Waals surface area contributed by atoms with E-state index in [4.69, 9.17) is 23.2 Å². The Bertz CT molecular complexity index is 768. The summed E-state index contributed by atoms with van der Waals surface area (Å²) in [6.45, 7) is 0. The fourth-order valence-corrected chi connectivity index (χ4v) is 2.91. The molecular weight excluding hydrogens is 319 g/mol. The third-order valence-corrected chi connectivity index (χ3v) is 4.76. The molecule has 0 aliphatic carbocycles. The van der Waals surface area contributed by atoms with Gasteiger partial charge in [0.05, 0.1) is 15.1 Å². The predicted octanol–water partition coefficient (Wildman–Crippen LogP) is 2.68. The number of nitrogens with zero attached hydrogens (tertiary/aromatic N) is 2. The molecule has 0 atom stereocenters. The maximum absolute atomic E-state index is 11.8. The Morgan fingerprint density at radius 1 is 1.05 bits per heavy atom. The number of halogens is 2. The van der Waals surface area contributed by atoms with E-state index in [1.54, 1.807) is 19.2 Å². The van der Waals surface area contributed by atoms with E-state index >= 15 is 0 Å². The Balaban J connectivity index is 2.25. The Morgan fingerprint density at radius 3 is 2.40 bits per heavy atom. The van der Waals surface area contributed by atoms with Gasteiger partial charge in [-0.2, -0.15) is 0 Å². The Hall–Kier alpha value is -1.17. The molecule has 106 valence electrons. The van der Waals surface area contributed by atoms with E-state index in [2.05, 4.69) is 0 Å². The number of aromatic nitrogens is 2. The van der Waals surface area contributed by atoms with Crippen molar-refractivity contribution in [3.05, 3.63) is 60.7 Å². The molecule has 0 fully saturated rings. The van der Waals surface area contributed by atoms with E-state index in [1.165, 1.54) is 29.4 Å². The second-order valence-corrected chi connectivity index (χ2v) is 6.07. The smallest absolute Gasteiger partial charge is 0.291 e. The molecule has 1 aromatic carbocycles. The van der Waals surface area contributed by atoms with Crippen LogP contribution >= 0.6 is 35.0 Å². The zero-order chi connectivity index (χ0) is 14.9. The van der Waals surface area contributed by atoms with E-state index in [9.17, 15) is 9.59 Å². The first-order chi connectivity index (χ1) is 9.40. The molecular formula is C13H12Cl2N2O2S. The van der Waals surface area contributed by atoms with Crippen molar-refractivity contribution in [2.24, 2.45) is 14.1 Å². The molecule has 1 aromatic heterocycles. The Morgan fingerprint density at radius 2 is 1.75 bits per heavy atom. The molecule has 2 rings (SSSR count). The number of thioether (sulfide) groups is 1. The molecule has 0 aliphatic heterocycles. The molecule has 0 amide bonds. The number of hydrogen-bond acceptors (Lipinski definition) is 3. The maximum Gasteiger partial charge on any atom is 0.331 e. The predicted molar refractivity (Wildman–Crippen MR) is 82.9 cm³/mol. The molecule has 4 nitrogen and oxygen atoms in total. The number of hydrogen-bond donors (Lipinski definition) is 0. The zero-order valence-electron chi connectivity index (χ0n) is 10.9. The van der Waals surface area contributed by atoms with Crippen molar-refractivity contribution in [3.8, 4) is 0 Å². The summed E-state index contributed by atoms with van der Waals surface area (Å²) in [6, 6.07) is 6.81. The van der Waals surface area contributed by atoms with Crippen LogP contribution in [0.3, 0.4) is 0 Å². The number of rotatable bonds is 3. The fraction of sp³-hybridized carbons (Fsp3) is 0.231. The highest BCUT2D eigenvalue weighted by Crippen LogP contribution is 2.26. The molecule has 0 bridgehead atoms. The van der Waals surface area contributed by atoms with Crippen LogP contribution < -0.4 is 11.2 Å². The van der Waals surface area contributed by atoms with Gasteiger partial charge in [-0.1, -0.05) is 29.3 Å². The zero-order valence-corrected chi connectivity index (χ0v) is 13.2. The van der Waals surface area contributed by atoms with Gasteiger partial charge in [0.25, 0.3) is 5.56 Å². The first-order valence-electron chi connectivity index (χ1n) is 5.74. The molecule has 1 heterocycles. The number of benzene rings is 1. The van der Waals surface area contributed by atoms with Crippen LogP contribution in [0.1, 0.15) is 5.56 Å². The topological polar surface area (TPSA) is 44.0 Å². The summed E-state index contributed by atoms with van der Waals surface area (Å²) in [7, 11) is 3.09. The van der Waals surface area contributed by atoms with Crippen molar-refractivity contribution in [1.29, 1.82) is 0 Å². The van der Waals surface area contributed by atoms with Gasteiger partial charge in [0.15, 0.2) is 0 Å². The minimum Gasteiger partial charge on any atom is -0.291 e. The lowest BCUT2D eigenvalue weighted by Crippen LogP contribution is -2.36. The summed E-state index contributed by atoms with van der Waals surface area (Å²) in [4.78, 5) is 23.4. The standard InChI is InChI=1S/C13H12Cl2N2O2S/c1-16-11(18)6-12(17(2)13(16)19)20-7-8-3-4-9(14)10(15)5-8/h3-6H,7H2,1-2H3. The third-order valence-electron chi connectivity index (χ3n) is 2.85. The van der Waals surface area contributed by atoms with Gasteiger partial charge in [0, 0.05) is 25.9 Å². The minimum absolute atomic E-state index is 0.315. The first kappa shape index (κ1) is 15.2. The normalized spacial score (nSPS) is 10.8. The van der Waals surface area contributed by atoms with Crippen molar-refractivity contribution in [3.63, 3.8) is 0 Å². The monoisotopic (exact) mass is 330 g/mol. The van der Waals surface area contributed by atoms with E-state index in [1.807, 2.05) is 6.07 Å². The molecule has 0 aliphatic rings. The molecule has 0 saturated carbocycles. The van der Waals surface area contributed by atoms with E-state index in [0.29, 0.717) is 20.8 Å². The van der Waals surface area contributed by atoms with Crippen LogP contribution in [0, 0.1) is 0 Å². The van der Waals surface area contributed by atoms with Gasteiger partial charge in [0.1, 0.15) is 0 Å².